The lowest BCUT2D eigenvalue weighted by Crippen LogP contribution is -2.48. The third-order valence-corrected chi connectivity index (χ3v) is 4.73. The minimum Gasteiger partial charge on any atom is -0.357 e. The van der Waals surface area contributed by atoms with Crippen molar-refractivity contribution in [3.05, 3.63) is 35.9 Å². The van der Waals surface area contributed by atoms with E-state index in [0.717, 1.165) is 44.6 Å². The zero-order valence-corrected chi connectivity index (χ0v) is 14.3. The molecule has 0 bridgehead atoms. The normalized spacial score (nSPS) is 20.5. The maximum Gasteiger partial charge on any atom is 0.191 e. The first kappa shape index (κ1) is 16.3. The third kappa shape index (κ3) is 5.54. The molecule has 23 heavy (non-hydrogen) atoms. The summed E-state index contributed by atoms with van der Waals surface area (Å²) < 4.78 is 0. The van der Waals surface area contributed by atoms with Crippen molar-refractivity contribution in [3.8, 4) is 0 Å². The van der Waals surface area contributed by atoms with Crippen molar-refractivity contribution in [2.45, 2.75) is 45.2 Å². The molecule has 3 rings (SSSR count). The molecule has 2 fully saturated rings. The molecule has 2 aliphatic rings. The second kappa shape index (κ2) is 8.34. The highest BCUT2D eigenvalue weighted by Crippen LogP contribution is 2.28. The number of nitrogens with zero attached hydrogens (tertiary/aromatic N) is 2. The number of hydrogen-bond acceptors (Lipinski definition) is 2. The summed E-state index contributed by atoms with van der Waals surface area (Å²) in [6.07, 6.45) is 5.11. The van der Waals surface area contributed by atoms with E-state index in [4.69, 9.17) is 4.99 Å². The first-order valence-corrected chi connectivity index (χ1v) is 9.14. The molecule has 126 valence electrons. The van der Waals surface area contributed by atoms with Crippen LogP contribution in [0.5, 0.6) is 0 Å². The van der Waals surface area contributed by atoms with Gasteiger partial charge >= 0.3 is 0 Å². The molecular weight excluding hydrogens is 284 g/mol. The largest absolute Gasteiger partial charge is 0.357 e. The Labute approximate surface area is 140 Å². The van der Waals surface area contributed by atoms with Gasteiger partial charge in [0.1, 0.15) is 0 Å². The molecule has 1 saturated carbocycles. The number of benzene rings is 1. The molecule has 0 radical (unpaired) electrons. The van der Waals surface area contributed by atoms with E-state index < -0.39 is 0 Å². The summed E-state index contributed by atoms with van der Waals surface area (Å²) in [6.45, 7) is 7.45. The van der Waals surface area contributed by atoms with Crippen molar-refractivity contribution >= 4 is 5.96 Å². The SMILES string of the molecule is CCNC(=NCC1CC1)NC1CCN(Cc2ccccc2)CC1. The second-order valence-corrected chi connectivity index (χ2v) is 6.84. The highest BCUT2D eigenvalue weighted by atomic mass is 15.2. The fourth-order valence-electron chi connectivity index (χ4n) is 3.11. The molecule has 0 spiro atoms. The number of rotatable bonds is 6. The summed E-state index contributed by atoms with van der Waals surface area (Å²) in [4.78, 5) is 7.29. The standard InChI is InChI=1S/C19H30N4/c1-2-20-19(21-14-16-8-9-16)22-18-10-12-23(13-11-18)15-17-6-4-3-5-7-17/h3-7,16,18H,2,8-15H2,1H3,(H2,20,21,22). The maximum atomic E-state index is 4.74. The lowest BCUT2D eigenvalue weighted by molar-refractivity contribution is 0.198. The number of hydrogen-bond donors (Lipinski definition) is 2. The van der Waals surface area contributed by atoms with E-state index in [2.05, 4.69) is 52.8 Å². The summed E-state index contributed by atoms with van der Waals surface area (Å²) in [7, 11) is 0. The van der Waals surface area contributed by atoms with Gasteiger partial charge in [-0.05, 0) is 44.1 Å². The van der Waals surface area contributed by atoms with Gasteiger partial charge in [-0.1, -0.05) is 30.3 Å². The van der Waals surface area contributed by atoms with Gasteiger partial charge in [-0.25, -0.2) is 0 Å². The lowest BCUT2D eigenvalue weighted by atomic mass is 10.0. The lowest BCUT2D eigenvalue weighted by Gasteiger charge is -2.33. The van der Waals surface area contributed by atoms with E-state index in [1.165, 1.54) is 31.2 Å². The van der Waals surface area contributed by atoms with Crippen molar-refractivity contribution in [1.29, 1.82) is 0 Å². The predicted molar refractivity (Wildman–Crippen MR) is 96.6 cm³/mol. The molecule has 2 N–H and O–H groups in total. The van der Waals surface area contributed by atoms with E-state index >= 15 is 0 Å². The van der Waals surface area contributed by atoms with Gasteiger partial charge in [0.05, 0.1) is 0 Å². The van der Waals surface area contributed by atoms with Gasteiger partial charge in [0.25, 0.3) is 0 Å². The van der Waals surface area contributed by atoms with Crippen molar-refractivity contribution in [1.82, 2.24) is 15.5 Å². The van der Waals surface area contributed by atoms with E-state index in [0.29, 0.717) is 6.04 Å². The zero-order valence-electron chi connectivity index (χ0n) is 14.3. The molecule has 1 aromatic rings. The Kier molecular flexibility index (Phi) is 5.92. The minimum atomic E-state index is 0.555. The zero-order chi connectivity index (χ0) is 15.9. The van der Waals surface area contributed by atoms with E-state index in [1.54, 1.807) is 0 Å². The van der Waals surface area contributed by atoms with Crippen LogP contribution in [0.2, 0.25) is 0 Å². The summed E-state index contributed by atoms with van der Waals surface area (Å²) in [5.41, 5.74) is 1.42. The van der Waals surface area contributed by atoms with Crippen LogP contribution in [0.3, 0.4) is 0 Å². The van der Waals surface area contributed by atoms with Crippen molar-refractivity contribution in [2.75, 3.05) is 26.2 Å². The molecule has 4 heteroatoms. The van der Waals surface area contributed by atoms with Gasteiger partial charge in [-0.15, -0.1) is 0 Å². The van der Waals surface area contributed by atoms with E-state index in [9.17, 15) is 0 Å². The van der Waals surface area contributed by atoms with Crippen molar-refractivity contribution < 1.29 is 0 Å². The maximum absolute atomic E-state index is 4.74. The van der Waals surface area contributed by atoms with Gasteiger partial charge in [0.2, 0.25) is 0 Å². The fraction of sp³-hybridized carbons (Fsp3) is 0.632. The van der Waals surface area contributed by atoms with E-state index in [-0.39, 0.29) is 0 Å². The molecule has 0 unspecified atom stereocenters. The van der Waals surface area contributed by atoms with Crippen molar-refractivity contribution in [3.63, 3.8) is 0 Å². The fourth-order valence-corrected chi connectivity index (χ4v) is 3.11. The van der Waals surface area contributed by atoms with Gasteiger partial charge in [-0.2, -0.15) is 0 Å². The van der Waals surface area contributed by atoms with Crippen molar-refractivity contribution in [2.24, 2.45) is 10.9 Å². The molecule has 1 heterocycles. The van der Waals surface area contributed by atoms with Gasteiger partial charge in [-0.3, -0.25) is 9.89 Å². The van der Waals surface area contributed by atoms with Crippen LogP contribution in [-0.2, 0) is 6.54 Å². The van der Waals surface area contributed by atoms with Crippen LogP contribution >= 0.6 is 0 Å². The average molecular weight is 314 g/mol. The minimum absolute atomic E-state index is 0.555. The number of piperidine rings is 1. The molecule has 1 saturated heterocycles. The molecule has 1 aliphatic heterocycles. The number of nitrogens with one attached hydrogen (secondary N) is 2. The van der Waals surface area contributed by atoms with Crippen LogP contribution in [0.25, 0.3) is 0 Å². The molecule has 0 amide bonds. The van der Waals surface area contributed by atoms with Crippen LogP contribution in [0.4, 0.5) is 0 Å². The molecule has 4 nitrogen and oxygen atoms in total. The quantitative estimate of drug-likeness (QED) is 0.626. The monoisotopic (exact) mass is 314 g/mol. The van der Waals surface area contributed by atoms with Crippen LogP contribution in [0.15, 0.2) is 35.3 Å². The Hall–Kier alpha value is -1.55. The second-order valence-electron chi connectivity index (χ2n) is 6.84. The molecule has 0 atom stereocenters. The molecule has 1 aliphatic carbocycles. The van der Waals surface area contributed by atoms with E-state index in [1.807, 2.05) is 0 Å². The topological polar surface area (TPSA) is 39.7 Å². The van der Waals surface area contributed by atoms with Crippen LogP contribution in [-0.4, -0.2) is 43.1 Å². The van der Waals surface area contributed by atoms with Crippen LogP contribution in [0.1, 0.15) is 38.2 Å². The summed E-state index contributed by atoms with van der Waals surface area (Å²) in [6, 6.07) is 11.3. The summed E-state index contributed by atoms with van der Waals surface area (Å²) >= 11 is 0. The smallest absolute Gasteiger partial charge is 0.191 e. The predicted octanol–water partition coefficient (Wildman–Crippen LogP) is 2.62. The number of likely N-dealkylation sites (tertiary alicyclic amines) is 1. The first-order chi connectivity index (χ1) is 11.3. The van der Waals surface area contributed by atoms with Crippen LogP contribution in [0, 0.1) is 5.92 Å². The number of aliphatic imine (C=N–C) groups is 1. The van der Waals surface area contributed by atoms with Gasteiger partial charge in [0.15, 0.2) is 5.96 Å². The molecular formula is C19H30N4. The molecule has 1 aromatic carbocycles. The van der Waals surface area contributed by atoms with Gasteiger partial charge in [0, 0.05) is 38.8 Å². The third-order valence-electron chi connectivity index (χ3n) is 4.73. The highest BCUT2D eigenvalue weighted by Gasteiger charge is 2.22. The average Bonchev–Trinajstić information content (AvgIpc) is 3.40. The highest BCUT2D eigenvalue weighted by molar-refractivity contribution is 5.80. The summed E-state index contributed by atoms with van der Waals surface area (Å²) in [5, 5.41) is 7.03. The Morgan fingerprint density at radius 3 is 2.52 bits per heavy atom. The Bertz CT molecular complexity index is 487. The summed E-state index contributed by atoms with van der Waals surface area (Å²) in [5.74, 6) is 1.86. The number of guanidine groups is 1. The Morgan fingerprint density at radius 1 is 1.13 bits per heavy atom. The first-order valence-electron chi connectivity index (χ1n) is 9.14. The Balaban J connectivity index is 1.43. The Morgan fingerprint density at radius 2 is 1.87 bits per heavy atom. The van der Waals surface area contributed by atoms with Gasteiger partial charge < -0.3 is 10.6 Å². The van der Waals surface area contributed by atoms with Crippen LogP contribution < -0.4 is 10.6 Å². The molecule has 0 aromatic heterocycles.